The molecule has 0 radical (unpaired) electrons. The highest BCUT2D eigenvalue weighted by Gasteiger charge is 2.21. The van der Waals surface area contributed by atoms with E-state index >= 15 is 0 Å². The van der Waals surface area contributed by atoms with Crippen LogP contribution in [0, 0.1) is 11.3 Å². The van der Waals surface area contributed by atoms with Crippen LogP contribution in [0.15, 0.2) is 60.8 Å². The van der Waals surface area contributed by atoms with Gasteiger partial charge in [0.2, 0.25) is 11.9 Å². The van der Waals surface area contributed by atoms with Gasteiger partial charge in [0, 0.05) is 49.3 Å². The van der Waals surface area contributed by atoms with E-state index in [1.807, 2.05) is 42.5 Å². The van der Waals surface area contributed by atoms with Crippen molar-refractivity contribution < 1.29 is 9.90 Å². The molecule has 170 valence electrons. The van der Waals surface area contributed by atoms with Crippen molar-refractivity contribution in [2.24, 2.45) is 0 Å². The molecule has 0 bridgehead atoms. The van der Waals surface area contributed by atoms with Gasteiger partial charge >= 0.3 is 0 Å². The van der Waals surface area contributed by atoms with Crippen LogP contribution in [0.4, 0.5) is 17.3 Å². The largest absolute Gasteiger partial charge is 0.508 e. The number of hydrogen-bond donors (Lipinski definition) is 2. The lowest BCUT2D eigenvalue weighted by atomic mass is 10.0. The van der Waals surface area contributed by atoms with E-state index in [-0.39, 0.29) is 18.1 Å². The topological polar surface area (TPSA) is 105 Å². The number of fused-ring (bicyclic) bond motifs is 1. The van der Waals surface area contributed by atoms with E-state index in [4.69, 9.17) is 5.26 Å². The van der Waals surface area contributed by atoms with Crippen LogP contribution in [0.1, 0.15) is 23.2 Å². The molecule has 1 fully saturated rings. The third kappa shape index (κ3) is 4.41. The third-order valence-electron chi connectivity index (χ3n) is 6.19. The first kappa shape index (κ1) is 21.5. The Morgan fingerprint density at radius 3 is 2.65 bits per heavy atom. The lowest BCUT2D eigenvalue weighted by molar-refractivity contribution is -0.130. The van der Waals surface area contributed by atoms with Crippen LogP contribution < -0.4 is 10.2 Å². The number of piperazine rings is 1. The minimum absolute atomic E-state index is 0.0596. The van der Waals surface area contributed by atoms with Crippen LogP contribution in [0.5, 0.6) is 5.75 Å². The Hall–Kier alpha value is -4.38. The Balaban J connectivity index is 1.24. The number of allylic oxidation sites excluding steroid dienone is 1. The Labute approximate surface area is 197 Å². The van der Waals surface area contributed by atoms with Crippen molar-refractivity contribution in [2.45, 2.75) is 12.8 Å². The van der Waals surface area contributed by atoms with Crippen molar-refractivity contribution in [1.82, 2.24) is 14.9 Å². The summed E-state index contributed by atoms with van der Waals surface area (Å²) in [7, 11) is 0. The number of benzene rings is 2. The molecule has 0 atom stereocenters. The summed E-state index contributed by atoms with van der Waals surface area (Å²) in [5, 5.41) is 21.9. The number of amides is 1. The highest BCUT2D eigenvalue weighted by molar-refractivity contribution is 5.84. The Bertz CT molecular complexity index is 1290. The number of aromatic nitrogens is 2. The number of aromatic hydroxyl groups is 1. The number of phenols is 1. The van der Waals surface area contributed by atoms with E-state index in [0.29, 0.717) is 19.0 Å². The first-order valence-corrected chi connectivity index (χ1v) is 11.2. The van der Waals surface area contributed by atoms with Crippen LogP contribution in [0.25, 0.3) is 5.57 Å². The van der Waals surface area contributed by atoms with Gasteiger partial charge in [-0.25, -0.2) is 9.97 Å². The van der Waals surface area contributed by atoms with E-state index in [1.54, 1.807) is 23.2 Å². The molecule has 8 heteroatoms. The van der Waals surface area contributed by atoms with Gasteiger partial charge < -0.3 is 20.2 Å². The molecule has 2 aliphatic rings. The van der Waals surface area contributed by atoms with E-state index < -0.39 is 0 Å². The second kappa shape index (κ2) is 9.24. The highest BCUT2D eigenvalue weighted by Crippen LogP contribution is 2.34. The van der Waals surface area contributed by atoms with Gasteiger partial charge in [-0.2, -0.15) is 5.26 Å². The van der Waals surface area contributed by atoms with Crippen molar-refractivity contribution in [2.75, 3.05) is 36.4 Å². The van der Waals surface area contributed by atoms with Crippen molar-refractivity contribution in [3.8, 4) is 11.8 Å². The summed E-state index contributed by atoms with van der Waals surface area (Å²) >= 11 is 0. The van der Waals surface area contributed by atoms with Crippen molar-refractivity contribution >= 4 is 28.8 Å². The molecule has 3 aromatic rings. The molecule has 34 heavy (non-hydrogen) atoms. The number of nitrogens with zero attached hydrogens (tertiary/aromatic N) is 5. The Morgan fingerprint density at radius 2 is 1.88 bits per heavy atom. The minimum atomic E-state index is -0.0995. The van der Waals surface area contributed by atoms with E-state index in [2.05, 4.69) is 26.3 Å². The van der Waals surface area contributed by atoms with Crippen LogP contribution in [-0.4, -0.2) is 52.1 Å². The quantitative estimate of drug-likeness (QED) is 0.611. The highest BCUT2D eigenvalue weighted by atomic mass is 16.3. The molecule has 2 aromatic carbocycles. The van der Waals surface area contributed by atoms with Crippen molar-refractivity contribution in [3.63, 3.8) is 0 Å². The summed E-state index contributed by atoms with van der Waals surface area (Å²) in [6.07, 6.45) is 4.61. The van der Waals surface area contributed by atoms with E-state index in [0.717, 1.165) is 47.7 Å². The van der Waals surface area contributed by atoms with Gasteiger partial charge in [-0.3, -0.25) is 4.79 Å². The zero-order chi connectivity index (χ0) is 23.5. The standard InChI is InChI=1S/C26H24N6O2/c27-11-9-25(34)32-15-13-31(14-16-32)20-5-3-19(4-6-20)29-26-28-12-10-24(30-26)22-8-2-18-1-7-21(33)17-23(18)22/h1,3-8,10,12,17,33H,2,9,13-16H2,(H,28,29,30). The summed E-state index contributed by atoms with van der Waals surface area (Å²) in [5.74, 6) is 0.649. The van der Waals surface area contributed by atoms with E-state index in [9.17, 15) is 9.90 Å². The maximum Gasteiger partial charge on any atom is 0.236 e. The smallest absolute Gasteiger partial charge is 0.236 e. The number of carbonyl (C=O) groups excluding carboxylic acids is 1. The number of nitriles is 1. The SMILES string of the molecule is N#CCC(=O)N1CCN(c2ccc(Nc3nccc(C4=CCc5ccc(O)cc54)n3)cc2)CC1. The summed E-state index contributed by atoms with van der Waals surface area (Å²) in [4.78, 5) is 24.9. The molecule has 0 spiro atoms. The molecular formula is C26H24N6O2. The molecule has 1 aromatic heterocycles. The number of hydrogen-bond acceptors (Lipinski definition) is 7. The summed E-state index contributed by atoms with van der Waals surface area (Å²) < 4.78 is 0. The average Bonchev–Trinajstić information content (AvgIpc) is 3.28. The van der Waals surface area contributed by atoms with Gasteiger partial charge in [0.1, 0.15) is 12.2 Å². The fraction of sp³-hybridized carbons (Fsp3) is 0.231. The van der Waals surface area contributed by atoms with Gasteiger partial charge in [-0.05, 0) is 60.0 Å². The first-order valence-electron chi connectivity index (χ1n) is 11.2. The monoisotopic (exact) mass is 452 g/mol. The van der Waals surface area contributed by atoms with Gasteiger partial charge in [0.15, 0.2) is 0 Å². The van der Waals surface area contributed by atoms with Gasteiger partial charge in [0.05, 0.1) is 11.8 Å². The molecular weight excluding hydrogens is 428 g/mol. The van der Waals surface area contributed by atoms with Gasteiger partial charge in [-0.15, -0.1) is 0 Å². The molecule has 1 saturated heterocycles. The molecule has 1 aliphatic heterocycles. The maximum atomic E-state index is 11.9. The Morgan fingerprint density at radius 1 is 1.09 bits per heavy atom. The van der Waals surface area contributed by atoms with Gasteiger partial charge in [-0.1, -0.05) is 12.1 Å². The molecule has 1 aliphatic carbocycles. The average molecular weight is 453 g/mol. The molecule has 0 saturated carbocycles. The number of nitrogens with one attached hydrogen (secondary N) is 1. The maximum absolute atomic E-state index is 11.9. The number of phenolic OH excluding ortho intramolecular Hbond substituents is 1. The first-order chi connectivity index (χ1) is 16.6. The predicted octanol–water partition coefficient (Wildman–Crippen LogP) is 3.48. The number of rotatable bonds is 5. The summed E-state index contributed by atoms with van der Waals surface area (Å²) in [6, 6.07) is 17.3. The summed E-state index contributed by atoms with van der Waals surface area (Å²) in [5.41, 5.74) is 5.94. The second-order valence-corrected chi connectivity index (χ2v) is 8.30. The number of anilines is 3. The minimum Gasteiger partial charge on any atom is -0.508 e. The summed E-state index contributed by atoms with van der Waals surface area (Å²) in [6.45, 7) is 2.72. The lowest BCUT2D eigenvalue weighted by Gasteiger charge is -2.35. The molecule has 8 nitrogen and oxygen atoms in total. The molecule has 0 unspecified atom stereocenters. The van der Waals surface area contributed by atoms with Crippen molar-refractivity contribution in [1.29, 1.82) is 5.26 Å². The van der Waals surface area contributed by atoms with Crippen LogP contribution >= 0.6 is 0 Å². The lowest BCUT2D eigenvalue weighted by Crippen LogP contribution is -2.48. The number of carbonyl (C=O) groups is 1. The van der Waals surface area contributed by atoms with Crippen LogP contribution in [0.3, 0.4) is 0 Å². The normalized spacial score (nSPS) is 14.9. The fourth-order valence-corrected chi connectivity index (χ4v) is 4.40. The Kier molecular flexibility index (Phi) is 5.83. The third-order valence-corrected chi connectivity index (χ3v) is 6.19. The molecule has 2 heterocycles. The fourth-order valence-electron chi connectivity index (χ4n) is 4.40. The second-order valence-electron chi connectivity index (χ2n) is 8.30. The van der Waals surface area contributed by atoms with Crippen LogP contribution in [-0.2, 0) is 11.2 Å². The molecule has 1 amide bonds. The van der Waals surface area contributed by atoms with Crippen molar-refractivity contribution in [3.05, 3.63) is 77.6 Å². The molecule has 2 N–H and O–H groups in total. The predicted molar refractivity (Wildman–Crippen MR) is 130 cm³/mol. The van der Waals surface area contributed by atoms with Crippen LogP contribution in [0.2, 0.25) is 0 Å². The molecule has 5 rings (SSSR count). The van der Waals surface area contributed by atoms with Gasteiger partial charge in [0.25, 0.3) is 0 Å². The van der Waals surface area contributed by atoms with E-state index in [1.165, 1.54) is 5.56 Å². The zero-order valence-electron chi connectivity index (χ0n) is 18.6. The zero-order valence-corrected chi connectivity index (χ0v) is 18.6.